The number of hydrogen-bond donors (Lipinski definition) is 2. The summed E-state index contributed by atoms with van der Waals surface area (Å²) in [6.07, 6.45) is 0. The van der Waals surface area contributed by atoms with Crippen LogP contribution in [0.3, 0.4) is 0 Å². The maximum Gasteiger partial charge on any atom is 0.269 e. The van der Waals surface area contributed by atoms with Crippen LogP contribution < -0.4 is 11.1 Å². The fourth-order valence-electron chi connectivity index (χ4n) is 2.43. The van der Waals surface area contributed by atoms with Crippen molar-refractivity contribution < 1.29 is 9.72 Å². The van der Waals surface area contributed by atoms with Gasteiger partial charge in [-0.2, -0.15) is 0 Å². The van der Waals surface area contributed by atoms with E-state index in [0.29, 0.717) is 16.9 Å². The first-order valence-electron chi connectivity index (χ1n) is 7.70. The zero-order valence-electron chi connectivity index (χ0n) is 13.8. The molecule has 0 fully saturated rings. The summed E-state index contributed by atoms with van der Waals surface area (Å²) in [6, 6.07) is 14.3. The Labute approximate surface area is 148 Å². The SMILES string of the molecule is Cc1cc(-c2cccc(C(=O)Nc3ccc([N+](=O)[O-])cc3)c2)nc(N)n1. The van der Waals surface area contributed by atoms with Crippen molar-refractivity contribution in [3.8, 4) is 11.3 Å². The van der Waals surface area contributed by atoms with Gasteiger partial charge in [-0.3, -0.25) is 14.9 Å². The van der Waals surface area contributed by atoms with Crippen LogP contribution in [0.15, 0.2) is 54.6 Å². The van der Waals surface area contributed by atoms with E-state index in [4.69, 9.17) is 5.73 Å². The number of carbonyl (C=O) groups excluding carboxylic acids is 1. The van der Waals surface area contributed by atoms with Crippen molar-refractivity contribution in [2.45, 2.75) is 6.92 Å². The molecule has 1 heterocycles. The number of nitrogens with zero attached hydrogens (tertiary/aromatic N) is 3. The zero-order chi connectivity index (χ0) is 18.7. The number of non-ortho nitro benzene ring substituents is 1. The summed E-state index contributed by atoms with van der Waals surface area (Å²) in [7, 11) is 0. The van der Waals surface area contributed by atoms with E-state index in [9.17, 15) is 14.9 Å². The molecule has 3 aromatic rings. The smallest absolute Gasteiger partial charge is 0.269 e. The van der Waals surface area contributed by atoms with Gasteiger partial charge in [0.2, 0.25) is 5.95 Å². The first-order chi connectivity index (χ1) is 12.4. The van der Waals surface area contributed by atoms with Gasteiger partial charge in [0.05, 0.1) is 10.6 Å². The molecule has 3 N–H and O–H groups in total. The average molecular weight is 349 g/mol. The Balaban J connectivity index is 1.83. The van der Waals surface area contributed by atoms with Gasteiger partial charge in [-0.15, -0.1) is 0 Å². The van der Waals surface area contributed by atoms with Gasteiger partial charge < -0.3 is 11.1 Å². The van der Waals surface area contributed by atoms with Gasteiger partial charge in [0.15, 0.2) is 0 Å². The number of nitro groups is 1. The van der Waals surface area contributed by atoms with E-state index < -0.39 is 4.92 Å². The summed E-state index contributed by atoms with van der Waals surface area (Å²) in [4.78, 5) is 30.8. The molecule has 1 amide bonds. The third-order valence-corrected chi connectivity index (χ3v) is 3.63. The monoisotopic (exact) mass is 349 g/mol. The first kappa shape index (κ1) is 17.0. The Hall–Kier alpha value is -3.81. The molecule has 26 heavy (non-hydrogen) atoms. The Morgan fingerprint density at radius 3 is 2.50 bits per heavy atom. The molecule has 0 aliphatic rings. The number of anilines is 2. The predicted molar refractivity (Wildman–Crippen MR) is 97.7 cm³/mol. The van der Waals surface area contributed by atoms with Crippen LogP contribution in [0.4, 0.5) is 17.3 Å². The number of nitrogen functional groups attached to an aromatic ring is 1. The van der Waals surface area contributed by atoms with E-state index in [-0.39, 0.29) is 17.5 Å². The minimum absolute atomic E-state index is 0.0401. The minimum Gasteiger partial charge on any atom is -0.368 e. The van der Waals surface area contributed by atoms with E-state index >= 15 is 0 Å². The summed E-state index contributed by atoms with van der Waals surface area (Å²) < 4.78 is 0. The van der Waals surface area contributed by atoms with Gasteiger partial charge in [-0.05, 0) is 37.3 Å². The maximum absolute atomic E-state index is 12.4. The van der Waals surface area contributed by atoms with Gasteiger partial charge in [-0.25, -0.2) is 9.97 Å². The number of aryl methyl sites for hydroxylation is 1. The number of nitrogens with one attached hydrogen (secondary N) is 1. The molecular formula is C18H15N5O3. The standard InChI is InChI=1S/C18H15N5O3/c1-11-9-16(22-18(19)20-11)12-3-2-4-13(10-12)17(24)21-14-5-7-15(8-6-14)23(25)26/h2-10H,1H3,(H,21,24)(H2,19,20,22). The highest BCUT2D eigenvalue weighted by Crippen LogP contribution is 2.21. The number of nitro benzene ring substituents is 1. The van der Waals surface area contributed by atoms with Gasteiger partial charge >= 0.3 is 0 Å². The number of benzene rings is 2. The average Bonchev–Trinajstić information content (AvgIpc) is 2.61. The summed E-state index contributed by atoms with van der Waals surface area (Å²) in [6.45, 7) is 1.81. The van der Waals surface area contributed by atoms with Crippen LogP contribution in [0, 0.1) is 17.0 Å². The highest BCUT2D eigenvalue weighted by molar-refractivity contribution is 6.04. The second-order valence-electron chi connectivity index (χ2n) is 5.59. The molecule has 0 bridgehead atoms. The second kappa shape index (κ2) is 6.98. The van der Waals surface area contributed by atoms with Crippen LogP contribution in [0.2, 0.25) is 0 Å². The fourth-order valence-corrected chi connectivity index (χ4v) is 2.43. The molecule has 0 saturated carbocycles. The van der Waals surface area contributed by atoms with Crippen molar-refractivity contribution >= 4 is 23.2 Å². The summed E-state index contributed by atoms with van der Waals surface area (Å²) in [5.41, 5.74) is 8.62. The Morgan fingerprint density at radius 1 is 1.12 bits per heavy atom. The molecule has 0 atom stereocenters. The summed E-state index contributed by atoms with van der Waals surface area (Å²) >= 11 is 0. The number of carbonyl (C=O) groups is 1. The van der Waals surface area contributed by atoms with E-state index in [1.807, 2.05) is 13.0 Å². The Kier molecular flexibility index (Phi) is 4.57. The molecule has 3 rings (SSSR count). The van der Waals surface area contributed by atoms with Crippen molar-refractivity contribution in [3.05, 3.63) is 76.0 Å². The number of hydrogen-bond acceptors (Lipinski definition) is 6. The molecular weight excluding hydrogens is 334 g/mol. The maximum atomic E-state index is 12.4. The fraction of sp³-hybridized carbons (Fsp3) is 0.0556. The van der Waals surface area contributed by atoms with Crippen LogP contribution in [0.25, 0.3) is 11.3 Å². The van der Waals surface area contributed by atoms with Crippen molar-refractivity contribution in [2.24, 2.45) is 0 Å². The minimum atomic E-state index is -0.496. The molecule has 0 saturated heterocycles. The lowest BCUT2D eigenvalue weighted by Gasteiger charge is -2.08. The van der Waals surface area contributed by atoms with Gasteiger partial charge in [-0.1, -0.05) is 12.1 Å². The molecule has 0 unspecified atom stereocenters. The molecule has 130 valence electrons. The van der Waals surface area contributed by atoms with Crippen molar-refractivity contribution in [3.63, 3.8) is 0 Å². The number of amides is 1. The highest BCUT2D eigenvalue weighted by atomic mass is 16.6. The van der Waals surface area contributed by atoms with Crippen LogP contribution in [-0.4, -0.2) is 20.8 Å². The quantitative estimate of drug-likeness (QED) is 0.550. The van der Waals surface area contributed by atoms with Crippen molar-refractivity contribution in [2.75, 3.05) is 11.1 Å². The van der Waals surface area contributed by atoms with E-state index in [0.717, 1.165) is 11.3 Å². The van der Waals surface area contributed by atoms with Gasteiger partial charge in [0.1, 0.15) is 0 Å². The lowest BCUT2D eigenvalue weighted by Crippen LogP contribution is -2.12. The molecule has 0 spiro atoms. The van der Waals surface area contributed by atoms with Crippen molar-refractivity contribution in [1.29, 1.82) is 0 Å². The molecule has 0 aliphatic heterocycles. The van der Waals surface area contributed by atoms with Crippen LogP contribution in [-0.2, 0) is 0 Å². The number of nitrogens with two attached hydrogens (primary N) is 1. The van der Waals surface area contributed by atoms with Gasteiger partial charge in [0, 0.05) is 34.6 Å². The molecule has 0 radical (unpaired) electrons. The van der Waals surface area contributed by atoms with E-state index in [2.05, 4.69) is 15.3 Å². The third kappa shape index (κ3) is 3.81. The van der Waals surface area contributed by atoms with E-state index in [1.165, 1.54) is 24.3 Å². The zero-order valence-corrected chi connectivity index (χ0v) is 13.8. The highest BCUT2D eigenvalue weighted by Gasteiger charge is 2.10. The molecule has 8 heteroatoms. The summed E-state index contributed by atoms with van der Waals surface area (Å²) in [5.74, 6) is -0.166. The van der Waals surface area contributed by atoms with Crippen LogP contribution in [0.1, 0.15) is 16.1 Å². The van der Waals surface area contributed by atoms with Crippen LogP contribution in [0.5, 0.6) is 0 Å². The third-order valence-electron chi connectivity index (χ3n) is 3.63. The Morgan fingerprint density at radius 2 is 1.85 bits per heavy atom. The first-order valence-corrected chi connectivity index (χ1v) is 7.70. The van der Waals surface area contributed by atoms with Crippen LogP contribution >= 0.6 is 0 Å². The molecule has 8 nitrogen and oxygen atoms in total. The number of aromatic nitrogens is 2. The van der Waals surface area contributed by atoms with E-state index in [1.54, 1.807) is 24.3 Å². The predicted octanol–water partition coefficient (Wildman–Crippen LogP) is 3.19. The summed E-state index contributed by atoms with van der Waals surface area (Å²) in [5, 5.41) is 13.4. The largest absolute Gasteiger partial charge is 0.368 e. The lowest BCUT2D eigenvalue weighted by atomic mass is 10.1. The molecule has 1 aromatic heterocycles. The van der Waals surface area contributed by atoms with Gasteiger partial charge in [0.25, 0.3) is 11.6 Å². The second-order valence-corrected chi connectivity index (χ2v) is 5.59. The molecule has 0 aliphatic carbocycles. The molecule has 2 aromatic carbocycles. The van der Waals surface area contributed by atoms with Crippen molar-refractivity contribution in [1.82, 2.24) is 9.97 Å². The normalized spacial score (nSPS) is 10.3. The Bertz CT molecular complexity index is 966. The topological polar surface area (TPSA) is 124 Å². The lowest BCUT2D eigenvalue weighted by molar-refractivity contribution is -0.384. The number of rotatable bonds is 4.